The molecule has 0 aliphatic carbocycles. The largest absolute Gasteiger partial charge is 0.387 e. The maximum atomic E-state index is 5.51. The van der Waals surface area contributed by atoms with Gasteiger partial charge in [-0.1, -0.05) is 0 Å². The van der Waals surface area contributed by atoms with Crippen molar-refractivity contribution in [1.29, 1.82) is 0 Å². The molecule has 5 N–H and O–H groups in total. The fourth-order valence-corrected chi connectivity index (χ4v) is 0.814. The molecule has 0 spiro atoms. The first kappa shape index (κ1) is 10.4. The van der Waals surface area contributed by atoms with Gasteiger partial charge in [-0.05, 0) is 13.5 Å². The van der Waals surface area contributed by atoms with Crippen molar-refractivity contribution in [2.75, 3.05) is 20.6 Å². The monoisotopic (exact) mass is 158 g/mol. The number of amidine groups is 1. The maximum Gasteiger partial charge on any atom is 0.0934 e. The van der Waals surface area contributed by atoms with E-state index in [9.17, 15) is 0 Å². The fourth-order valence-electron chi connectivity index (χ4n) is 0.814. The smallest absolute Gasteiger partial charge is 0.0934 e. The van der Waals surface area contributed by atoms with Crippen LogP contribution in [0.3, 0.4) is 0 Å². The van der Waals surface area contributed by atoms with Crippen LogP contribution in [0, 0.1) is 0 Å². The number of likely N-dealkylation sites (N-methyl/N-ethyl adjacent to an activating group) is 1. The van der Waals surface area contributed by atoms with Gasteiger partial charge in [-0.25, -0.2) is 0 Å². The van der Waals surface area contributed by atoms with Crippen molar-refractivity contribution in [2.24, 2.45) is 16.5 Å². The zero-order valence-electron chi connectivity index (χ0n) is 7.30. The minimum Gasteiger partial charge on any atom is -0.387 e. The minimum absolute atomic E-state index is 0.357. The van der Waals surface area contributed by atoms with E-state index in [1.165, 1.54) is 0 Å². The summed E-state index contributed by atoms with van der Waals surface area (Å²) >= 11 is 0. The van der Waals surface area contributed by atoms with Gasteiger partial charge in [0.1, 0.15) is 0 Å². The summed E-state index contributed by atoms with van der Waals surface area (Å²) in [4.78, 5) is 3.85. The number of rotatable bonds is 5. The molecule has 0 aliphatic rings. The summed E-state index contributed by atoms with van der Waals surface area (Å²) in [5.41, 5.74) is 11.0. The van der Waals surface area contributed by atoms with Crippen molar-refractivity contribution in [3.8, 4) is 0 Å². The third kappa shape index (κ3) is 4.75. The SMILES string of the molecule is CN=C(N)CC[C@@H](CN)NC. The van der Waals surface area contributed by atoms with Gasteiger partial charge in [0, 0.05) is 26.1 Å². The lowest BCUT2D eigenvalue weighted by atomic mass is 10.1. The second-order valence-electron chi connectivity index (χ2n) is 2.47. The Bertz CT molecular complexity index is 118. The van der Waals surface area contributed by atoms with E-state index in [0.29, 0.717) is 18.4 Å². The summed E-state index contributed by atoms with van der Waals surface area (Å²) in [6.45, 7) is 0.646. The molecule has 0 radical (unpaired) electrons. The molecule has 4 nitrogen and oxygen atoms in total. The maximum absolute atomic E-state index is 5.51. The molecule has 0 unspecified atom stereocenters. The molecule has 0 aliphatic heterocycles. The van der Waals surface area contributed by atoms with Crippen LogP contribution in [0.5, 0.6) is 0 Å². The highest BCUT2D eigenvalue weighted by molar-refractivity contribution is 5.80. The number of nitrogens with zero attached hydrogens (tertiary/aromatic N) is 1. The van der Waals surface area contributed by atoms with Crippen molar-refractivity contribution in [3.05, 3.63) is 0 Å². The van der Waals surface area contributed by atoms with Crippen molar-refractivity contribution < 1.29 is 0 Å². The van der Waals surface area contributed by atoms with Crippen molar-refractivity contribution >= 4 is 5.84 Å². The van der Waals surface area contributed by atoms with E-state index in [1.807, 2.05) is 7.05 Å². The normalized spacial score (nSPS) is 15.0. The van der Waals surface area contributed by atoms with E-state index in [0.717, 1.165) is 12.8 Å². The Labute approximate surface area is 68.1 Å². The molecule has 0 aromatic heterocycles. The Morgan fingerprint density at radius 1 is 1.64 bits per heavy atom. The highest BCUT2D eigenvalue weighted by atomic mass is 14.9. The molecule has 0 saturated carbocycles. The second-order valence-corrected chi connectivity index (χ2v) is 2.47. The molecule has 4 heteroatoms. The summed E-state index contributed by atoms with van der Waals surface area (Å²) in [5, 5.41) is 3.10. The quantitative estimate of drug-likeness (QED) is 0.366. The zero-order chi connectivity index (χ0) is 8.69. The van der Waals surface area contributed by atoms with Crippen molar-refractivity contribution in [2.45, 2.75) is 18.9 Å². The van der Waals surface area contributed by atoms with Crippen LogP contribution >= 0.6 is 0 Å². The van der Waals surface area contributed by atoms with E-state index < -0.39 is 0 Å². The van der Waals surface area contributed by atoms with Gasteiger partial charge in [0.25, 0.3) is 0 Å². The van der Waals surface area contributed by atoms with E-state index in [2.05, 4.69) is 10.3 Å². The Balaban J connectivity index is 3.50. The van der Waals surface area contributed by atoms with Gasteiger partial charge in [-0.3, -0.25) is 4.99 Å². The van der Waals surface area contributed by atoms with Crippen LogP contribution in [-0.4, -0.2) is 32.5 Å². The van der Waals surface area contributed by atoms with Crippen LogP contribution in [0.1, 0.15) is 12.8 Å². The van der Waals surface area contributed by atoms with E-state index >= 15 is 0 Å². The first-order chi connectivity index (χ1) is 5.24. The molecule has 0 aromatic rings. The average molecular weight is 158 g/mol. The van der Waals surface area contributed by atoms with Gasteiger partial charge >= 0.3 is 0 Å². The highest BCUT2D eigenvalue weighted by Crippen LogP contribution is 1.94. The summed E-state index contributed by atoms with van der Waals surface area (Å²) in [6, 6.07) is 0.357. The number of aliphatic imine (C=N–C) groups is 1. The molecule has 0 bridgehead atoms. The van der Waals surface area contributed by atoms with Gasteiger partial charge < -0.3 is 16.8 Å². The van der Waals surface area contributed by atoms with Crippen molar-refractivity contribution in [1.82, 2.24) is 5.32 Å². The van der Waals surface area contributed by atoms with Crippen LogP contribution in [0.4, 0.5) is 0 Å². The van der Waals surface area contributed by atoms with Gasteiger partial charge in [-0.15, -0.1) is 0 Å². The Morgan fingerprint density at radius 3 is 2.64 bits per heavy atom. The summed E-state index contributed by atoms with van der Waals surface area (Å²) < 4.78 is 0. The highest BCUT2D eigenvalue weighted by Gasteiger charge is 2.02. The predicted molar refractivity (Wildman–Crippen MR) is 48.7 cm³/mol. The topological polar surface area (TPSA) is 76.4 Å². The van der Waals surface area contributed by atoms with E-state index in [1.54, 1.807) is 7.05 Å². The van der Waals surface area contributed by atoms with Gasteiger partial charge in [0.2, 0.25) is 0 Å². The number of hydrogen-bond donors (Lipinski definition) is 3. The molecule has 0 rings (SSSR count). The van der Waals surface area contributed by atoms with Crippen LogP contribution in [0.15, 0.2) is 4.99 Å². The molecule has 0 aromatic carbocycles. The first-order valence-corrected chi connectivity index (χ1v) is 3.83. The van der Waals surface area contributed by atoms with Gasteiger partial charge in [0.05, 0.1) is 5.84 Å². The fraction of sp³-hybridized carbons (Fsp3) is 0.857. The second kappa shape index (κ2) is 6.12. The molecule has 0 amide bonds. The number of nitrogens with two attached hydrogens (primary N) is 2. The van der Waals surface area contributed by atoms with Crippen LogP contribution in [0.25, 0.3) is 0 Å². The van der Waals surface area contributed by atoms with E-state index in [-0.39, 0.29) is 0 Å². The predicted octanol–water partition coefficient (Wildman–Crippen LogP) is -0.700. The molecule has 1 atom stereocenters. The third-order valence-corrected chi connectivity index (χ3v) is 1.73. The summed E-state index contributed by atoms with van der Waals surface area (Å²) in [6.07, 6.45) is 1.77. The average Bonchev–Trinajstić information content (AvgIpc) is 2.06. The lowest BCUT2D eigenvalue weighted by molar-refractivity contribution is 0.541. The van der Waals surface area contributed by atoms with E-state index in [4.69, 9.17) is 11.5 Å². The number of nitrogens with one attached hydrogen (secondary N) is 1. The third-order valence-electron chi connectivity index (χ3n) is 1.73. The van der Waals surface area contributed by atoms with Crippen LogP contribution < -0.4 is 16.8 Å². The summed E-state index contributed by atoms with van der Waals surface area (Å²) in [7, 11) is 3.60. The first-order valence-electron chi connectivity index (χ1n) is 3.83. The molecular weight excluding hydrogens is 140 g/mol. The Kier molecular flexibility index (Phi) is 5.78. The molecule has 11 heavy (non-hydrogen) atoms. The Hall–Kier alpha value is -0.610. The molecule has 0 saturated heterocycles. The van der Waals surface area contributed by atoms with Gasteiger partial charge in [-0.2, -0.15) is 0 Å². The number of hydrogen-bond acceptors (Lipinski definition) is 3. The van der Waals surface area contributed by atoms with Crippen LogP contribution in [-0.2, 0) is 0 Å². The Morgan fingerprint density at radius 2 is 2.27 bits per heavy atom. The van der Waals surface area contributed by atoms with Crippen LogP contribution in [0.2, 0.25) is 0 Å². The minimum atomic E-state index is 0.357. The molecule has 0 fully saturated rings. The summed E-state index contributed by atoms with van der Waals surface area (Å²) in [5.74, 6) is 0.693. The lowest BCUT2D eigenvalue weighted by Gasteiger charge is -2.12. The van der Waals surface area contributed by atoms with Gasteiger partial charge in [0.15, 0.2) is 0 Å². The lowest BCUT2D eigenvalue weighted by Crippen LogP contribution is -2.34. The molecule has 66 valence electrons. The molecule has 0 heterocycles. The standard InChI is InChI=1S/C7H18N4/c1-10-6(5-8)3-4-7(9)11-2/h6,10H,3-5,8H2,1-2H3,(H2,9,11)/t6-/m0/s1. The molecular formula is C7H18N4. The van der Waals surface area contributed by atoms with Crippen molar-refractivity contribution in [3.63, 3.8) is 0 Å². The zero-order valence-corrected chi connectivity index (χ0v) is 7.30.